The molecule has 0 heterocycles. The fourth-order valence-corrected chi connectivity index (χ4v) is 0.335. The van der Waals surface area contributed by atoms with Gasteiger partial charge in [-0.2, -0.15) is 0 Å². The summed E-state index contributed by atoms with van der Waals surface area (Å²) in [6.07, 6.45) is -0.641. The van der Waals surface area contributed by atoms with Crippen molar-refractivity contribution < 1.29 is 15.0 Å². The molecule has 0 rings (SSSR count). The normalized spacial score (nSPS) is 8.73. The van der Waals surface area contributed by atoms with Gasteiger partial charge in [0.1, 0.15) is 0 Å². The van der Waals surface area contributed by atoms with Crippen LogP contribution >= 0.6 is 0 Å². The molecule has 0 aliphatic rings. The Kier molecular flexibility index (Phi) is 10.7. The summed E-state index contributed by atoms with van der Waals surface area (Å²) in [7, 11) is 3.99. The summed E-state index contributed by atoms with van der Waals surface area (Å²) in [4.78, 5) is 8.56. The average Bonchev–Trinajstić information content (AvgIpc) is 1.82. The molecular weight excluding hydrogens is 148 g/mol. The van der Waals surface area contributed by atoms with E-state index in [0.717, 1.165) is 6.54 Å². The number of hydrogen-bond donors (Lipinski definition) is 3. The molecule has 0 aliphatic heterocycles. The lowest BCUT2D eigenvalue weighted by molar-refractivity contribution is 0.137. The van der Waals surface area contributed by atoms with E-state index in [9.17, 15) is 0 Å². The fraction of sp³-hybridized carbons (Fsp3) is 0.833. The molecular formula is C6H16N2O3. The molecule has 0 saturated carbocycles. The minimum atomic E-state index is -1.83. The number of rotatable bonds is 3. The molecule has 11 heavy (non-hydrogen) atoms. The van der Waals surface area contributed by atoms with Gasteiger partial charge in [0.05, 0.1) is 0 Å². The van der Waals surface area contributed by atoms with Crippen molar-refractivity contribution in [3.05, 3.63) is 0 Å². The first-order valence-corrected chi connectivity index (χ1v) is 3.33. The maximum Gasteiger partial charge on any atom is 0.503 e. The SMILES string of the molecule is CCCNN(C)C.O=C(O)O. The first kappa shape index (κ1) is 12.8. The van der Waals surface area contributed by atoms with Crippen molar-refractivity contribution in [1.29, 1.82) is 0 Å². The smallest absolute Gasteiger partial charge is 0.450 e. The van der Waals surface area contributed by atoms with Gasteiger partial charge in [-0.05, 0) is 6.42 Å². The predicted molar refractivity (Wildman–Crippen MR) is 42.6 cm³/mol. The summed E-state index contributed by atoms with van der Waals surface area (Å²) in [5, 5.41) is 15.9. The molecule has 0 spiro atoms. The molecule has 0 atom stereocenters. The van der Waals surface area contributed by atoms with Gasteiger partial charge in [-0.1, -0.05) is 6.92 Å². The highest BCUT2D eigenvalue weighted by Gasteiger charge is 1.80. The van der Waals surface area contributed by atoms with Gasteiger partial charge in [0.25, 0.3) is 0 Å². The summed E-state index contributed by atoms with van der Waals surface area (Å²) >= 11 is 0. The molecule has 0 aromatic carbocycles. The summed E-state index contributed by atoms with van der Waals surface area (Å²) in [5.41, 5.74) is 3.13. The van der Waals surface area contributed by atoms with Crippen molar-refractivity contribution in [1.82, 2.24) is 10.4 Å². The number of nitrogens with zero attached hydrogens (tertiary/aromatic N) is 1. The van der Waals surface area contributed by atoms with Gasteiger partial charge in [0, 0.05) is 20.6 Å². The van der Waals surface area contributed by atoms with Crippen LogP contribution in [0.4, 0.5) is 4.79 Å². The van der Waals surface area contributed by atoms with E-state index in [2.05, 4.69) is 12.3 Å². The third-order valence-corrected chi connectivity index (χ3v) is 0.678. The highest BCUT2D eigenvalue weighted by atomic mass is 16.6. The maximum absolute atomic E-state index is 8.56. The van der Waals surface area contributed by atoms with Crippen molar-refractivity contribution >= 4 is 6.16 Å². The zero-order valence-electron chi connectivity index (χ0n) is 7.16. The molecule has 68 valence electrons. The zero-order valence-corrected chi connectivity index (χ0v) is 7.16. The van der Waals surface area contributed by atoms with E-state index in [0.29, 0.717) is 0 Å². The van der Waals surface area contributed by atoms with Crippen LogP contribution in [0, 0.1) is 0 Å². The van der Waals surface area contributed by atoms with Crippen molar-refractivity contribution in [3.8, 4) is 0 Å². The third kappa shape index (κ3) is 46.7. The second-order valence-electron chi connectivity index (χ2n) is 2.09. The fourth-order valence-electron chi connectivity index (χ4n) is 0.335. The second kappa shape index (κ2) is 9.19. The number of nitrogens with one attached hydrogen (secondary N) is 1. The van der Waals surface area contributed by atoms with Gasteiger partial charge >= 0.3 is 6.16 Å². The minimum Gasteiger partial charge on any atom is -0.450 e. The first-order chi connectivity index (χ1) is 5.00. The van der Waals surface area contributed by atoms with E-state index in [1.165, 1.54) is 6.42 Å². The molecule has 0 amide bonds. The topological polar surface area (TPSA) is 72.8 Å². The summed E-state index contributed by atoms with van der Waals surface area (Å²) in [6.45, 7) is 3.23. The van der Waals surface area contributed by atoms with Gasteiger partial charge in [-0.15, -0.1) is 0 Å². The van der Waals surface area contributed by atoms with Gasteiger partial charge < -0.3 is 10.2 Å². The number of hydrogen-bond acceptors (Lipinski definition) is 3. The van der Waals surface area contributed by atoms with Crippen molar-refractivity contribution in [2.24, 2.45) is 0 Å². The van der Waals surface area contributed by atoms with Crippen LogP contribution in [-0.2, 0) is 0 Å². The summed E-state index contributed by atoms with van der Waals surface area (Å²) < 4.78 is 0. The van der Waals surface area contributed by atoms with Crippen molar-refractivity contribution in [2.45, 2.75) is 13.3 Å². The molecule has 0 aromatic heterocycles. The van der Waals surface area contributed by atoms with E-state index >= 15 is 0 Å². The lowest BCUT2D eigenvalue weighted by Crippen LogP contribution is -2.30. The van der Waals surface area contributed by atoms with Crippen LogP contribution in [-0.4, -0.2) is 42.0 Å². The molecule has 5 heteroatoms. The maximum atomic E-state index is 8.56. The van der Waals surface area contributed by atoms with E-state index in [1.54, 1.807) is 0 Å². The van der Waals surface area contributed by atoms with Crippen LogP contribution in [0.1, 0.15) is 13.3 Å². The van der Waals surface area contributed by atoms with Crippen LogP contribution in [0.3, 0.4) is 0 Å². The van der Waals surface area contributed by atoms with Crippen LogP contribution in [0.5, 0.6) is 0 Å². The Morgan fingerprint density at radius 1 is 1.45 bits per heavy atom. The van der Waals surface area contributed by atoms with Gasteiger partial charge in [-0.3, -0.25) is 10.4 Å². The van der Waals surface area contributed by atoms with E-state index < -0.39 is 6.16 Å². The van der Waals surface area contributed by atoms with Gasteiger partial charge in [-0.25, -0.2) is 4.79 Å². The van der Waals surface area contributed by atoms with Crippen LogP contribution < -0.4 is 5.43 Å². The molecule has 0 aliphatic carbocycles. The van der Waals surface area contributed by atoms with Crippen molar-refractivity contribution in [3.63, 3.8) is 0 Å². The molecule has 0 aromatic rings. The Morgan fingerprint density at radius 2 is 1.82 bits per heavy atom. The van der Waals surface area contributed by atoms with Crippen molar-refractivity contribution in [2.75, 3.05) is 20.6 Å². The standard InChI is InChI=1S/C5H14N2.CH2O3/c1-4-5-6-7(2)3;2-1(3)4/h6H,4-5H2,1-3H3;(H2,2,3,4). The Morgan fingerprint density at radius 3 is 1.91 bits per heavy atom. The third-order valence-electron chi connectivity index (χ3n) is 0.678. The zero-order chi connectivity index (χ0) is 9.28. The second-order valence-corrected chi connectivity index (χ2v) is 2.09. The van der Waals surface area contributed by atoms with Gasteiger partial charge in [0.15, 0.2) is 0 Å². The Balaban J connectivity index is 0. The number of carboxylic acid groups (broad SMARTS) is 2. The van der Waals surface area contributed by atoms with E-state index in [1.807, 2.05) is 19.1 Å². The number of hydrazine groups is 1. The lowest BCUT2D eigenvalue weighted by atomic mass is 10.5. The van der Waals surface area contributed by atoms with Crippen LogP contribution in [0.15, 0.2) is 0 Å². The lowest BCUT2D eigenvalue weighted by Gasteiger charge is -2.08. The molecule has 0 saturated heterocycles. The highest BCUT2D eigenvalue weighted by molar-refractivity contribution is 5.53. The highest BCUT2D eigenvalue weighted by Crippen LogP contribution is 1.68. The Hall–Kier alpha value is -0.810. The van der Waals surface area contributed by atoms with Gasteiger partial charge in [0.2, 0.25) is 0 Å². The summed E-state index contributed by atoms with van der Waals surface area (Å²) in [6, 6.07) is 0. The minimum absolute atomic E-state index is 1.08. The Labute approximate surface area is 66.6 Å². The molecule has 3 N–H and O–H groups in total. The Bertz CT molecular complexity index is 91.8. The summed E-state index contributed by atoms with van der Waals surface area (Å²) in [5.74, 6) is 0. The number of carbonyl (C=O) groups is 1. The first-order valence-electron chi connectivity index (χ1n) is 3.33. The van der Waals surface area contributed by atoms with E-state index in [-0.39, 0.29) is 0 Å². The van der Waals surface area contributed by atoms with Crippen LogP contribution in [0.25, 0.3) is 0 Å². The molecule has 5 nitrogen and oxygen atoms in total. The van der Waals surface area contributed by atoms with E-state index in [4.69, 9.17) is 15.0 Å². The quantitative estimate of drug-likeness (QED) is 0.535. The molecule has 0 bridgehead atoms. The average molecular weight is 164 g/mol. The predicted octanol–water partition coefficient (Wildman–Crippen LogP) is 0.685. The largest absolute Gasteiger partial charge is 0.503 e. The van der Waals surface area contributed by atoms with Crippen LogP contribution in [0.2, 0.25) is 0 Å². The molecule has 0 radical (unpaired) electrons. The molecule has 0 fully saturated rings. The monoisotopic (exact) mass is 164 g/mol. The molecule has 0 unspecified atom stereocenters.